The highest BCUT2D eigenvalue weighted by atomic mass is 16.5. The lowest BCUT2D eigenvalue weighted by molar-refractivity contribution is 0.0599. The fraction of sp³-hybridized carbons (Fsp3) is 0.571. The smallest absolute Gasteiger partial charge is 0.339 e. The highest BCUT2D eigenvalue weighted by Crippen LogP contribution is 2.22. The summed E-state index contributed by atoms with van der Waals surface area (Å²) in [6.45, 7) is 6.58. The number of rotatable bonds is 3. The molecular weight excluding hydrogens is 260 g/mol. The molecule has 1 aliphatic rings. The van der Waals surface area contributed by atoms with Crippen LogP contribution in [0.25, 0.3) is 0 Å². The van der Waals surface area contributed by atoms with Gasteiger partial charge in [0.1, 0.15) is 5.69 Å². The van der Waals surface area contributed by atoms with Gasteiger partial charge < -0.3 is 19.8 Å². The van der Waals surface area contributed by atoms with Crippen LogP contribution < -0.4 is 5.32 Å². The number of carbonyl (C=O) groups is 2. The molecule has 6 heteroatoms. The van der Waals surface area contributed by atoms with E-state index in [1.807, 2.05) is 6.92 Å². The number of aryl methyl sites for hydroxylation is 1. The van der Waals surface area contributed by atoms with E-state index in [2.05, 4.69) is 10.3 Å². The molecule has 20 heavy (non-hydrogen) atoms. The Morgan fingerprint density at radius 2 is 2.10 bits per heavy atom. The van der Waals surface area contributed by atoms with E-state index in [4.69, 9.17) is 9.47 Å². The van der Waals surface area contributed by atoms with Crippen LogP contribution in [0.1, 0.15) is 45.4 Å². The Labute approximate surface area is 117 Å². The zero-order valence-electron chi connectivity index (χ0n) is 12.3. The van der Waals surface area contributed by atoms with Crippen molar-refractivity contribution in [3.8, 4) is 0 Å². The first-order valence-electron chi connectivity index (χ1n) is 6.56. The van der Waals surface area contributed by atoms with E-state index >= 15 is 0 Å². The number of nitrogens with one attached hydrogen (secondary N) is 2. The maximum absolute atomic E-state index is 12.4. The molecule has 1 atom stereocenters. The van der Waals surface area contributed by atoms with Crippen molar-refractivity contribution in [3.63, 3.8) is 0 Å². The van der Waals surface area contributed by atoms with Crippen LogP contribution in [-0.4, -0.2) is 42.7 Å². The third kappa shape index (κ3) is 2.56. The van der Waals surface area contributed by atoms with Crippen LogP contribution in [0.15, 0.2) is 0 Å². The number of hydrogen-bond acceptors (Lipinski definition) is 4. The van der Waals surface area contributed by atoms with Gasteiger partial charge in [0.15, 0.2) is 0 Å². The van der Waals surface area contributed by atoms with Gasteiger partial charge in [-0.25, -0.2) is 4.79 Å². The quantitative estimate of drug-likeness (QED) is 0.818. The Morgan fingerprint density at radius 1 is 1.40 bits per heavy atom. The molecule has 0 radical (unpaired) electrons. The Hall–Kier alpha value is -1.82. The normalized spacial score (nSPS) is 21.8. The Bertz CT molecular complexity index is 542. The van der Waals surface area contributed by atoms with E-state index in [-0.39, 0.29) is 11.4 Å². The van der Waals surface area contributed by atoms with Gasteiger partial charge in [-0.2, -0.15) is 0 Å². The maximum atomic E-state index is 12.4. The molecule has 110 valence electrons. The van der Waals surface area contributed by atoms with Gasteiger partial charge in [0.25, 0.3) is 5.91 Å². The third-order valence-corrected chi connectivity index (χ3v) is 3.69. The third-order valence-electron chi connectivity index (χ3n) is 3.69. The average Bonchev–Trinajstić information content (AvgIpc) is 2.93. The Balaban J connectivity index is 2.25. The largest absolute Gasteiger partial charge is 0.465 e. The first-order chi connectivity index (χ1) is 9.38. The van der Waals surface area contributed by atoms with Gasteiger partial charge in [0, 0.05) is 12.3 Å². The van der Waals surface area contributed by atoms with Crippen LogP contribution in [0.3, 0.4) is 0 Å². The van der Waals surface area contributed by atoms with Crippen LogP contribution >= 0.6 is 0 Å². The highest BCUT2D eigenvalue weighted by Gasteiger charge is 2.33. The second-order valence-electron chi connectivity index (χ2n) is 5.43. The molecule has 2 heterocycles. The molecule has 0 unspecified atom stereocenters. The van der Waals surface area contributed by atoms with Crippen molar-refractivity contribution in [2.75, 3.05) is 20.3 Å². The summed E-state index contributed by atoms with van der Waals surface area (Å²) in [4.78, 5) is 27.0. The van der Waals surface area contributed by atoms with E-state index in [9.17, 15) is 9.59 Å². The van der Waals surface area contributed by atoms with Crippen molar-refractivity contribution in [1.29, 1.82) is 0 Å². The second kappa shape index (κ2) is 5.28. The van der Waals surface area contributed by atoms with Crippen LogP contribution in [0.2, 0.25) is 0 Å². The number of amides is 1. The number of methoxy groups -OCH3 is 1. The van der Waals surface area contributed by atoms with Crippen LogP contribution in [0.4, 0.5) is 0 Å². The summed E-state index contributed by atoms with van der Waals surface area (Å²) in [5.74, 6) is -0.667. The molecule has 1 saturated heterocycles. The minimum Gasteiger partial charge on any atom is -0.465 e. The van der Waals surface area contributed by atoms with Crippen LogP contribution in [0.5, 0.6) is 0 Å². The second-order valence-corrected chi connectivity index (χ2v) is 5.43. The standard InChI is InChI=1S/C14H20N2O4/c1-8-10(13(18)19-4)9(2)15-11(8)12(17)16-14(3)5-6-20-7-14/h15H,5-7H2,1-4H3,(H,16,17)/t14-/m0/s1. The van der Waals surface area contributed by atoms with Crippen LogP contribution in [-0.2, 0) is 9.47 Å². The molecule has 2 N–H and O–H groups in total. The van der Waals surface area contributed by atoms with Gasteiger partial charge in [0.2, 0.25) is 0 Å². The Kier molecular flexibility index (Phi) is 3.85. The summed E-state index contributed by atoms with van der Waals surface area (Å²) < 4.78 is 10.0. The molecule has 1 fully saturated rings. The van der Waals surface area contributed by atoms with Crippen molar-refractivity contribution in [3.05, 3.63) is 22.5 Å². The molecular formula is C14H20N2O4. The lowest BCUT2D eigenvalue weighted by Crippen LogP contribution is -2.46. The lowest BCUT2D eigenvalue weighted by atomic mass is 10.0. The fourth-order valence-corrected chi connectivity index (χ4v) is 2.49. The number of ether oxygens (including phenoxy) is 2. The molecule has 0 aromatic carbocycles. The summed E-state index contributed by atoms with van der Waals surface area (Å²) in [7, 11) is 1.32. The van der Waals surface area contributed by atoms with Gasteiger partial charge in [-0.1, -0.05) is 0 Å². The van der Waals surface area contributed by atoms with Crippen molar-refractivity contribution >= 4 is 11.9 Å². The first-order valence-corrected chi connectivity index (χ1v) is 6.56. The van der Waals surface area contributed by atoms with Crippen molar-refractivity contribution in [1.82, 2.24) is 10.3 Å². The summed E-state index contributed by atoms with van der Waals surface area (Å²) in [5, 5.41) is 2.96. The summed E-state index contributed by atoms with van der Waals surface area (Å²) in [6, 6.07) is 0. The van der Waals surface area contributed by atoms with Gasteiger partial charge >= 0.3 is 5.97 Å². The van der Waals surface area contributed by atoms with Gasteiger partial charge in [0.05, 0.1) is 24.8 Å². The number of esters is 1. The highest BCUT2D eigenvalue weighted by molar-refractivity contribution is 6.00. The molecule has 1 aliphatic heterocycles. The van der Waals surface area contributed by atoms with E-state index < -0.39 is 5.97 Å². The number of aromatic amines is 1. The van der Waals surface area contributed by atoms with E-state index in [0.29, 0.717) is 35.7 Å². The van der Waals surface area contributed by atoms with Crippen LogP contribution in [0, 0.1) is 13.8 Å². The zero-order valence-corrected chi connectivity index (χ0v) is 12.3. The van der Waals surface area contributed by atoms with E-state index in [1.165, 1.54) is 7.11 Å². The van der Waals surface area contributed by atoms with Crippen molar-refractivity contribution in [2.24, 2.45) is 0 Å². The number of H-pyrrole nitrogens is 1. The molecule has 1 amide bonds. The number of carbonyl (C=O) groups excluding carboxylic acids is 2. The fourth-order valence-electron chi connectivity index (χ4n) is 2.49. The number of aromatic nitrogens is 1. The minimum atomic E-state index is -0.439. The van der Waals surface area contributed by atoms with Gasteiger partial charge in [-0.3, -0.25) is 4.79 Å². The van der Waals surface area contributed by atoms with Crippen molar-refractivity contribution in [2.45, 2.75) is 32.7 Å². The SMILES string of the molecule is COC(=O)c1c(C)[nH]c(C(=O)N[C@@]2(C)CCOC2)c1C. The molecule has 6 nitrogen and oxygen atoms in total. The minimum absolute atomic E-state index is 0.228. The molecule has 1 aromatic rings. The van der Waals surface area contributed by atoms with E-state index in [0.717, 1.165) is 6.42 Å². The summed E-state index contributed by atoms with van der Waals surface area (Å²) in [5.41, 5.74) is 1.71. The lowest BCUT2D eigenvalue weighted by Gasteiger charge is -2.23. The molecule has 1 aromatic heterocycles. The Morgan fingerprint density at radius 3 is 2.65 bits per heavy atom. The molecule has 0 saturated carbocycles. The summed E-state index contributed by atoms with van der Waals surface area (Å²) >= 11 is 0. The summed E-state index contributed by atoms with van der Waals surface area (Å²) in [6.07, 6.45) is 0.779. The first kappa shape index (κ1) is 14.6. The molecule has 2 rings (SSSR count). The van der Waals surface area contributed by atoms with Gasteiger partial charge in [-0.15, -0.1) is 0 Å². The molecule has 0 spiro atoms. The number of hydrogen-bond donors (Lipinski definition) is 2. The monoisotopic (exact) mass is 280 g/mol. The molecule has 0 aliphatic carbocycles. The predicted molar refractivity (Wildman–Crippen MR) is 72.9 cm³/mol. The van der Waals surface area contributed by atoms with E-state index in [1.54, 1.807) is 13.8 Å². The van der Waals surface area contributed by atoms with Crippen molar-refractivity contribution < 1.29 is 19.1 Å². The maximum Gasteiger partial charge on any atom is 0.339 e. The topological polar surface area (TPSA) is 80.4 Å². The average molecular weight is 280 g/mol. The zero-order chi connectivity index (χ0) is 14.9. The van der Waals surface area contributed by atoms with Gasteiger partial charge in [-0.05, 0) is 32.8 Å². The predicted octanol–water partition coefficient (Wildman–Crippen LogP) is 1.33. The molecule has 0 bridgehead atoms.